The van der Waals surface area contributed by atoms with Gasteiger partial charge < -0.3 is 15.5 Å². The first kappa shape index (κ1) is 16.5. The number of likely N-dealkylation sites (tertiary alicyclic amines) is 1. The molecular formula is C13H25IN4O. The third-order valence-electron chi connectivity index (χ3n) is 3.85. The zero-order valence-electron chi connectivity index (χ0n) is 11.8. The Balaban J connectivity index is 0.00000180. The molecule has 1 aliphatic heterocycles. The number of nitrogens with zero attached hydrogens (tertiary/aromatic N) is 2. The van der Waals surface area contributed by atoms with Gasteiger partial charge in [-0.2, -0.15) is 0 Å². The highest BCUT2D eigenvalue weighted by Crippen LogP contribution is 2.18. The van der Waals surface area contributed by atoms with Crippen LogP contribution in [0.15, 0.2) is 4.99 Å². The number of halogens is 1. The van der Waals surface area contributed by atoms with Gasteiger partial charge in [-0.05, 0) is 25.7 Å². The second-order valence-electron chi connectivity index (χ2n) is 5.17. The zero-order valence-corrected chi connectivity index (χ0v) is 14.1. The second kappa shape index (κ2) is 7.91. The molecule has 0 aromatic carbocycles. The van der Waals surface area contributed by atoms with Crippen LogP contribution in [-0.4, -0.2) is 49.0 Å². The number of amides is 1. The average molecular weight is 380 g/mol. The maximum atomic E-state index is 11.6. The molecule has 2 fully saturated rings. The lowest BCUT2D eigenvalue weighted by Crippen LogP contribution is -2.50. The van der Waals surface area contributed by atoms with Crippen molar-refractivity contribution >= 4 is 35.8 Å². The number of hydrogen-bond donors (Lipinski definition) is 2. The van der Waals surface area contributed by atoms with Crippen molar-refractivity contribution in [2.45, 2.75) is 51.1 Å². The van der Waals surface area contributed by atoms with E-state index in [-0.39, 0.29) is 29.9 Å². The largest absolute Gasteiger partial charge is 0.354 e. The van der Waals surface area contributed by atoms with Crippen LogP contribution in [0.4, 0.5) is 0 Å². The molecule has 2 rings (SSSR count). The van der Waals surface area contributed by atoms with E-state index in [1.54, 1.807) is 7.05 Å². The van der Waals surface area contributed by atoms with E-state index in [2.05, 4.69) is 15.6 Å². The Morgan fingerprint density at radius 2 is 1.95 bits per heavy atom. The molecule has 110 valence electrons. The summed E-state index contributed by atoms with van der Waals surface area (Å²) in [6.45, 7) is 3.59. The Kier molecular flexibility index (Phi) is 6.88. The van der Waals surface area contributed by atoms with Crippen molar-refractivity contribution < 1.29 is 4.79 Å². The van der Waals surface area contributed by atoms with Crippen LogP contribution in [0, 0.1) is 0 Å². The van der Waals surface area contributed by atoms with Crippen LogP contribution in [0.5, 0.6) is 0 Å². The summed E-state index contributed by atoms with van der Waals surface area (Å²) in [7, 11) is 1.80. The molecule has 1 heterocycles. The Bertz CT molecular complexity index is 331. The molecule has 1 atom stereocenters. The molecule has 1 aliphatic carbocycles. The maximum absolute atomic E-state index is 11.6. The van der Waals surface area contributed by atoms with Gasteiger partial charge in [0.2, 0.25) is 5.91 Å². The van der Waals surface area contributed by atoms with Gasteiger partial charge in [-0.1, -0.05) is 6.92 Å². The minimum atomic E-state index is 0. The highest BCUT2D eigenvalue weighted by atomic mass is 127. The van der Waals surface area contributed by atoms with Crippen LogP contribution in [-0.2, 0) is 4.79 Å². The predicted molar refractivity (Wildman–Crippen MR) is 88.0 cm³/mol. The first-order valence-electron chi connectivity index (χ1n) is 7.00. The van der Waals surface area contributed by atoms with Crippen LogP contribution in [0.2, 0.25) is 0 Å². The standard InChI is InChI=1S/C13H24N4O.HI/c1-3-12(18)17-8-7-11(9-17)16-13(14-2)15-10-5-4-6-10;/h10-11H,3-9H2,1-2H3,(H2,14,15,16);1H. The van der Waals surface area contributed by atoms with Gasteiger partial charge in [-0.25, -0.2) is 0 Å². The van der Waals surface area contributed by atoms with Crippen LogP contribution < -0.4 is 10.6 Å². The summed E-state index contributed by atoms with van der Waals surface area (Å²) in [5.74, 6) is 1.14. The summed E-state index contributed by atoms with van der Waals surface area (Å²) in [5.41, 5.74) is 0. The van der Waals surface area contributed by atoms with Crippen LogP contribution >= 0.6 is 24.0 Å². The number of carbonyl (C=O) groups excluding carboxylic acids is 1. The first-order chi connectivity index (χ1) is 8.72. The lowest BCUT2D eigenvalue weighted by atomic mass is 9.93. The van der Waals surface area contributed by atoms with Crippen LogP contribution in [0.1, 0.15) is 39.0 Å². The minimum Gasteiger partial charge on any atom is -0.354 e. The summed E-state index contributed by atoms with van der Waals surface area (Å²) in [6, 6.07) is 0.928. The molecule has 0 aromatic rings. The lowest BCUT2D eigenvalue weighted by molar-refractivity contribution is -0.129. The average Bonchev–Trinajstić information content (AvgIpc) is 2.79. The molecule has 1 unspecified atom stereocenters. The second-order valence-corrected chi connectivity index (χ2v) is 5.17. The van der Waals surface area contributed by atoms with Gasteiger partial charge in [0.25, 0.3) is 0 Å². The van der Waals surface area contributed by atoms with Gasteiger partial charge in [0.1, 0.15) is 0 Å². The number of aliphatic imine (C=N–C) groups is 1. The molecule has 6 heteroatoms. The Labute approximate surface area is 132 Å². The molecule has 1 saturated heterocycles. The van der Waals surface area contributed by atoms with Crippen molar-refractivity contribution in [3.63, 3.8) is 0 Å². The Hall–Kier alpha value is -0.530. The van der Waals surface area contributed by atoms with Crippen molar-refractivity contribution in [1.29, 1.82) is 0 Å². The van der Waals surface area contributed by atoms with Crippen molar-refractivity contribution in [2.24, 2.45) is 4.99 Å². The molecule has 2 aliphatic rings. The quantitative estimate of drug-likeness (QED) is 0.441. The van der Waals surface area contributed by atoms with E-state index in [0.717, 1.165) is 25.5 Å². The zero-order chi connectivity index (χ0) is 13.0. The third-order valence-corrected chi connectivity index (χ3v) is 3.85. The third kappa shape index (κ3) is 4.50. The van der Waals surface area contributed by atoms with Gasteiger partial charge in [0.15, 0.2) is 5.96 Å². The molecule has 1 saturated carbocycles. The number of rotatable bonds is 3. The normalized spacial score (nSPS) is 23.6. The van der Waals surface area contributed by atoms with E-state index >= 15 is 0 Å². The van der Waals surface area contributed by atoms with E-state index < -0.39 is 0 Å². The molecule has 1 amide bonds. The van der Waals surface area contributed by atoms with Crippen molar-refractivity contribution in [3.05, 3.63) is 0 Å². The molecule has 5 nitrogen and oxygen atoms in total. The van der Waals surface area contributed by atoms with E-state index in [1.807, 2.05) is 11.8 Å². The monoisotopic (exact) mass is 380 g/mol. The van der Waals surface area contributed by atoms with Gasteiger partial charge in [0, 0.05) is 38.6 Å². The molecular weight excluding hydrogens is 355 g/mol. The molecule has 0 radical (unpaired) electrons. The first-order valence-corrected chi connectivity index (χ1v) is 7.00. The van der Waals surface area contributed by atoms with Crippen molar-refractivity contribution in [2.75, 3.05) is 20.1 Å². The van der Waals surface area contributed by atoms with E-state index in [1.165, 1.54) is 19.3 Å². The Morgan fingerprint density at radius 3 is 2.47 bits per heavy atom. The van der Waals surface area contributed by atoms with Crippen molar-refractivity contribution in [1.82, 2.24) is 15.5 Å². The number of nitrogens with one attached hydrogen (secondary N) is 2. The van der Waals surface area contributed by atoms with Crippen LogP contribution in [0.25, 0.3) is 0 Å². The SMILES string of the molecule is CCC(=O)N1CCC(NC(=NC)NC2CCC2)C1.I. The van der Waals surface area contributed by atoms with Crippen LogP contribution in [0.3, 0.4) is 0 Å². The number of carbonyl (C=O) groups is 1. The lowest BCUT2D eigenvalue weighted by Gasteiger charge is -2.29. The molecule has 0 bridgehead atoms. The fraction of sp³-hybridized carbons (Fsp3) is 0.846. The summed E-state index contributed by atoms with van der Waals surface area (Å²) < 4.78 is 0. The fourth-order valence-corrected chi connectivity index (χ4v) is 2.44. The molecule has 19 heavy (non-hydrogen) atoms. The smallest absolute Gasteiger partial charge is 0.222 e. The van der Waals surface area contributed by atoms with Gasteiger partial charge in [-0.3, -0.25) is 9.79 Å². The Morgan fingerprint density at radius 1 is 1.26 bits per heavy atom. The highest BCUT2D eigenvalue weighted by molar-refractivity contribution is 14.0. The fourth-order valence-electron chi connectivity index (χ4n) is 2.44. The van der Waals surface area contributed by atoms with E-state index in [0.29, 0.717) is 18.5 Å². The van der Waals surface area contributed by atoms with Gasteiger partial charge in [-0.15, -0.1) is 24.0 Å². The molecule has 0 spiro atoms. The summed E-state index contributed by atoms with van der Waals surface area (Å²) in [6.07, 6.45) is 5.41. The highest BCUT2D eigenvalue weighted by Gasteiger charge is 2.26. The number of hydrogen-bond acceptors (Lipinski definition) is 2. The maximum Gasteiger partial charge on any atom is 0.222 e. The van der Waals surface area contributed by atoms with Gasteiger partial charge >= 0.3 is 0 Å². The summed E-state index contributed by atoms with van der Waals surface area (Å²) in [5, 5.41) is 6.84. The minimum absolute atomic E-state index is 0. The summed E-state index contributed by atoms with van der Waals surface area (Å²) in [4.78, 5) is 17.8. The topological polar surface area (TPSA) is 56.7 Å². The van der Waals surface area contributed by atoms with Gasteiger partial charge in [0.05, 0.1) is 0 Å². The van der Waals surface area contributed by atoms with Crippen molar-refractivity contribution in [3.8, 4) is 0 Å². The molecule has 2 N–H and O–H groups in total. The summed E-state index contributed by atoms with van der Waals surface area (Å²) >= 11 is 0. The predicted octanol–water partition coefficient (Wildman–Crippen LogP) is 1.33. The molecule has 0 aromatic heterocycles. The van der Waals surface area contributed by atoms with E-state index in [9.17, 15) is 4.79 Å². The van der Waals surface area contributed by atoms with E-state index in [4.69, 9.17) is 0 Å². The number of guanidine groups is 1.